The van der Waals surface area contributed by atoms with Gasteiger partial charge in [-0.2, -0.15) is 0 Å². The van der Waals surface area contributed by atoms with Gasteiger partial charge in [0.2, 0.25) is 0 Å². The maximum absolute atomic E-state index is 5.40. The SMILES string of the molecule is Cc1ccccc1NCC1COCCN1. The number of ether oxygens (including phenoxy) is 1. The fourth-order valence-electron chi connectivity index (χ4n) is 1.76. The Morgan fingerprint density at radius 3 is 3.07 bits per heavy atom. The molecule has 1 aromatic rings. The molecule has 1 saturated heterocycles. The zero-order valence-electron chi connectivity index (χ0n) is 9.12. The van der Waals surface area contributed by atoms with Gasteiger partial charge in [0.05, 0.1) is 13.2 Å². The molecule has 0 aromatic heterocycles. The highest BCUT2D eigenvalue weighted by molar-refractivity contribution is 5.50. The van der Waals surface area contributed by atoms with Crippen molar-refractivity contribution in [1.82, 2.24) is 5.32 Å². The molecule has 1 aliphatic heterocycles. The second kappa shape index (κ2) is 5.14. The van der Waals surface area contributed by atoms with E-state index in [1.807, 2.05) is 0 Å². The molecule has 1 aliphatic rings. The Morgan fingerprint density at radius 2 is 2.33 bits per heavy atom. The Balaban J connectivity index is 1.84. The van der Waals surface area contributed by atoms with Crippen molar-refractivity contribution in [1.29, 1.82) is 0 Å². The molecule has 0 amide bonds. The molecular weight excluding hydrogens is 188 g/mol. The summed E-state index contributed by atoms with van der Waals surface area (Å²) in [5.41, 5.74) is 2.50. The summed E-state index contributed by atoms with van der Waals surface area (Å²) in [6.07, 6.45) is 0. The average Bonchev–Trinajstić information content (AvgIpc) is 2.29. The van der Waals surface area contributed by atoms with Gasteiger partial charge in [-0.05, 0) is 18.6 Å². The van der Waals surface area contributed by atoms with E-state index < -0.39 is 0 Å². The lowest BCUT2D eigenvalue weighted by molar-refractivity contribution is 0.0806. The molecule has 0 aliphatic carbocycles. The molecule has 2 N–H and O–H groups in total. The van der Waals surface area contributed by atoms with Gasteiger partial charge >= 0.3 is 0 Å². The molecule has 82 valence electrons. The van der Waals surface area contributed by atoms with Crippen molar-refractivity contribution < 1.29 is 4.74 Å². The second-order valence-electron chi connectivity index (χ2n) is 3.92. The summed E-state index contributed by atoms with van der Waals surface area (Å²) in [5, 5.41) is 6.86. The molecule has 1 aromatic carbocycles. The van der Waals surface area contributed by atoms with Crippen LogP contribution in [0.5, 0.6) is 0 Å². The van der Waals surface area contributed by atoms with Crippen molar-refractivity contribution in [2.24, 2.45) is 0 Å². The zero-order chi connectivity index (χ0) is 10.5. The van der Waals surface area contributed by atoms with Gasteiger partial charge in [0.15, 0.2) is 0 Å². The minimum atomic E-state index is 0.429. The monoisotopic (exact) mass is 206 g/mol. The first-order chi connectivity index (χ1) is 7.36. The van der Waals surface area contributed by atoms with E-state index in [1.165, 1.54) is 11.3 Å². The molecule has 1 heterocycles. The molecule has 0 bridgehead atoms. The van der Waals surface area contributed by atoms with Crippen LogP contribution >= 0.6 is 0 Å². The van der Waals surface area contributed by atoms with Crippen LogP contribution in [0.3, 0.4) is 0 Å². The molecule has 1 fully saturated rings. The van der Waals surface area contributed by atoms with E-state index in [9.17, 15) is 0 Å². The number of anilines is 1. The number of aryl methyl sites for hydroxylation is 1. The predicted molar refractivity (Wildman–Crippen MR) is 62.3 cm³/mol. The molecule has 3 heteroatoms. The summed E-state index contributed by atoms with van der Waals surface area (Å²) in [6.45, 7) is 5.64. The van der Waals surface area contributed by atoms with Crippen molar-refractivity contribution in [2.45, 2.75) is 13.0 Å². The van der Waals surface area contributed by atoms with Gasteiger partial charge in [0.1, 0.15) is 0 Å². The summed E-state index contributed by atoms with van der Waals surface area (Å²) < 4.78 is 5.40. The van der Waals surface area contributed by atoms with Crippen LogP contribution in [-0.2, 0) is 4.74 Å². The second-order valence-corrected chi connectivity index (χ2v) is 3.92. The number of nitrogens with one attached hydrogen (secondary N) is 2. The van der Waals surface area contributed by atoms with Crippen molar-refractivity contribution in [3.63, 3.8) is 0 Å². The lowest BCUT2D eigenvalue weighted by Crippen LogP contribution is -2.45. The Morgan fingerprint density at radius 1 is 1.47 bits per heavy atom. The zero-order valence-corrected chi connectivity index (χ0v) is 9.12. The summed E-state index contributed by atoms with van der Waals surface area (Å²) in [5.74, 6) is 0. The van der Waals surface area contributed by atoms with E-state index >= 15 is 0 Å². The van der Waals surface area contributed by atoms with Crippen LogP contribution in [0.2, 0.25) is 0 Å². The number of para-hydroxylation sites is 1. The van der Waals surface area contributed by atoms with Gasteiger partial charge in [0.25, 0.3) is 0 Å². The molecule has 15 heavy (non-hydrogen) atoms. The average molecular weight is 206 g/mol. The number of hydrogen-bond donors (Lipinski definition) is 2. The van der Waals surface area contributed by atoms with E-state index in [-0.39, 0.29) is 0 Å². The maximum atomic E-state index is 5.40. The highest BCUT2D eigenvalue weighted by Crippen LogP contribution is 2.12. The highest BCUT2D eigenvalue weighted by atomic mass is 16.5. The van der Waals surface area contributed by atoms with Crippen LogP contribution in [0.15, 0.2) is 24.3 Å². The molecular formula is C12H18N2O. The first kappa shape index (κ1) is 10.5. The number of morpholine rings is 1. The number of rotatable bonds is 3. The molecule has 3 nitrogen and oxygen atoms in total. The van der Waals surface area contributed by atoms with Gasteiger partial charge < -0.3 is 15.4 Å². The van der Waals surface area contributed by atoms with E-state index in [0.29, 0.717) is 6.04 Å². The van der Waals surface area contributed by atoms with E-state index in [0.717, 1.165) is 26.3 Å². The summed E-state index contributed by atoms with van der Waals surface area (Å²) in [7, 11) is 0. The lowest BCUT2D eigenvalue weighted by Gasteiger charge is -2.24. The van der Waals surface area contributed by atoms with Crippen LogP contribution in [0.4, 0.5) is 5.69 Å². The topological polar surface area (TPSA) is 33.3 Å². The quantitative estimate of drug-likeness (QED) is 0.784. The van der Waals surface area contributed by atoms with Gasteiger partial charge in [-0.25, -0.2) is 0 Å². The fraction of sp³-hybridized carbons (Fsp3) is 0.500. The predicted octanol–water partition coefficient (Wildman–Crippen LogP) is 1.40. The van der Waals surface area contributed by atoms with E-state index in [1.54, 1.807) is 0 Å². The van der Waals surface area contributed by atoms with E-state index in [4.69, 9.17) is 4.74 Å². The first-order valence-corrected chi connectivity index (χ1v) is 5.47. The largest absolute Gasteiger partial charge is 0.383 e. The first-order valence-electron chi connectivity index (χ1n) is 5.47. The van der Waals surface area contributed by atoms with Crippen molar-refractivity contribution in [3.05, 3.63) is 29.8 Å². The summed E-state index contributed by atoms with van der Waals surface area (Å²) in [4.78, 5) is 0. The summed E-state index contributed by atoms with van der Waals surface area (Å²) >= 11 is 0. The third kappa shape index (κ3) is 2.94. The standard InChI is InChI=1S/C12H18N2O/c1-10-4-2-3-5-12(10)14-8-11-9-15-7-6-13-11/h2-5,11,13-14H,6-9H2,1H3. The van der Waals surface area contributed by atoms with Crippen molar-refractivity contribution >= 4 is 5.69 Å². The molecule has 1 atom stereocenters. The Kier molecular flexibility index (Phi) is 3.59. The molecule has 0 radical (unpaired) electrons. The van der Waals surface area contributed by atoms with Gasteiger partial charge in [-0.1, -0.05) is 18.2 Å². The van der Waals surface area contributed by atoms with Gasteiger partial charge in [-0.3, -0.25) is 0 Å². The molecule has 2 rings (SSSR count). The maximum Gasteiger partial charge on any atom is 0.0637 e. The fourth-order valence-corrected chi connectivity index (χ4v) is 1.76. The van der Waals surface area contributed by atoms with E-state index in [2.05, 4.69) is 41.8 Å². The van der Waals surface area contributed by atoms with Gasteiger partial charge in [0, 0.05) is 24.8 Å². The minimum absolute atomic E-state index is 0.429. The molecule has 1 unspecified atom stereocenters. The normalized spacial score (nSPS) is 21.3. The lowest BCUT2D eigenvalue weighted by atomic mass is 10.2. The van der Waals surface area contributed by atoms with Crippen molar-refractivity contribution in [3.8, 4) is 0 Å². The van der Waals surface area contributed by atoms with Crippen molar-refractivity contribution in [2.75, 3.05) is 31.6 Å². The number of hydrogen-bond acceptors (Lipinski definition) is 3. The Bertz CT molecular complexity index is 308. The molecule has 0 spiro atoms. The molecule has 0 saturated carbocycles. The Hall–Kier alpha value is -1.06. The minimum Gasteiger partial charge on any atom is -0.383 e. The third-order valence-corrected chi connectivity index (χ3v) is 2.68. The van der Waals surface area contributed by atoms with Crippen LogP contribution in [-0.4, -0.2) is 32.3 Å². The van der Waals surface area contributed by atoms with Gasteiger partial charge in [-0.15, -0.1) is 0 Å². The summed E-state index contributed by atoms with van der Waals surface area (Å²) in [6, 6.07) is 8.77. The number of benzene rings is 1. The van der Waals surface area contributed by atoms with Crippen LogP contribution in [0.25, 0.3) is 0 Å². The Labute approximate surface area is 90.8 Å². The van der Waals surface area contributed by atoms with Crippen LogP contribution in [0.1, 0.15) is 5.56 Å². The van der Waals surface area contributed by atoms with Crippen LogP contribution in [0, 0.1) is 6.92 Å². The smallest absolute Gasteiger partial charge is 0.0637 e. The van der Waals surface area contributed by atoms with Crippen LogP contribution < -0.4 is 10.6 Å². The third-order valence-electron chi connectivity index (χ3n) is 2.68. The highest BCUT2D eigenvalue weighted by Gasteiger charge is 2.12.